The third-order valence-corrected chi connectivity index (χ3v) is 7.99. The summed E-state index contributed by atoms with van der Waals surface area (Å²) in [6.07, 6.45) is 0. The maximum atomic E-state index is 11.8. The van der Waals surface area contributed by atoms with Gasteiger partial charge in [-0.1, -0.05) is 27.7 Å². The van der Waals surface area contributed by atoms with Crippen LogP contribution in [-0.4, -0.2) is 60.5 Å². The molecule has 2 heterocycles. The predicted octanol–water partition coefficient (Wildman–Crippen LogP) is 6.00. The second kappa shape index (κ2) is 9.63. The first kappa shape index (κ1) is 28.8. The van der Waals surface area contributed by atoms with Crippen LogP contribution in [0.5, 0.6) is 34.5 Å². The first-order chi connectivity index (χ1) is 20.6. The van der Waals surface area contributed by atoms with Crippen molar-refractivity contribution in [2.75, 3.05) is 0 Å². The van der Waals surface area contributed by atoms with Crippen molar-refractivity contribution >= 4 is 32.3 Å². The van der Waals surface area contributed by atoms with E-state index in [1.54, 1.807) is 55.4 Å². The standard InChI is InChI=1S/C32H32N6O6/c1-9(2)15-19-17-18-20(28(42)30(44)21(17)23(25(15)39)31-35-11(5)33-12(6)36-31)16(10(3)4)26(40)24(22(18)29(43)27(19)41)32-37-13(7)34-14(8)38-32/h9-10,39-44H,1-8H3. The van der Waals surface area contributed by atoms with Gasteiger partial charge >= 0.3 is 0 Å². The number of phenolic OH excluding ortho intramolecular Hbond substituents is 6. The minimum absolute atomic E-state index is 0.0171. The number of hydrogen-bond donors (Lipinski definition) is 6. The molecule has 6 rings (SSSR count). The first-order valence-electron chi connectivity index (χ1n) is 14.2. The lowest BCUT2D eigenvalue weighted by molar-refractivity contribution is 0.408. The number of nitrogens with zero attached hydrogens (tertiary/aromatic N) is 6. The van der Waals surface area contributed by atoms with Crippen LogP contribution in [0.1, 0.15) is 74.0 Å². The van der Waals surface area contributed by atoms with E-state index in [1.807, 2.05) is 0 Å². The Labute approximate surface area is 251 Å². The molecule has 12 heteroatoms. The van der Waals surface area contributed by atoms with Gasteiger partial charge in [-0.15, -0.1) is 0 Å². The summed E-state index contributed by atoms with van der Waals surface area (Å²) >= 11 is 0. The fourth-order valence-corrected chi connectivity index (χ4v) is 6.47. The van der Waals surface area contributed by atoms with Crippen molar-refractivity contribution in [3.05, 3.63) is 34.4 Å². The Kier molecular flexibility index (Phi) is 6.31. The fraction of sp³-hybridized carbons (Fsp3) is 0.312. The van der Waals surface area contributed by atoms with E-state index in [-0.39, 0.29) is 77.7 Å². The summed E-state index contributed by atoms with van der Waals surface area (Å²) in [5.41, 5.74) is 0.556. The lowest BCUT2D eigenvalue weighted by atomic mass is 9.79. The van der Waals surface area contributed by atoms with Crippen LogP contribution < -0.4 is 0 Å². The van der Waals surface area contributed by atoms with Gasteiger partial charge in [0.05, 0.1) is 11.1 Å². The Morgan fingerprint density at radius 2 is 0.636 bits per heavy atom. The highest BCUT2D eigenvalue weighted by Gasteiger charge is 2.36. The summed E-state index contributed by atoms with van der Waals surface area (Å²) in [6.45, 7) is 13.9. The molecule has 0 saturated heterocycles. The second-order valence-electron chi connectivity index (χ2n) is 11.7. The molecular weight excluding hydrogens is 564 g/mol. The molecule has 226 valence electrons. The molecular formula is C32H32N6O6. The van der Waals surface area contributed by atoms with E-state index in [0.29, 0.717) is 23.3 Å². The molecule has 6 aromatic rings. The van der Waals surface area contributed by atoms with Gasteiger partial charge in [-0.2, -0.15) is 0 Å². The molecule has 0 spiro atoms. The maximum absolute atomic E-state index is 11.8. The van der Waals surface area contributed by atoms with E-state index < -0.39 is 34.8 Å². The first-order valence-corrected chi connectivity index (χ1v) is 14.2. The Hall–Kier alpha value is -5.26. The monoisotopic (exact) mass is 596 g/mol. The average molecular weight is 597 g/mol. The van der Waals surface area contributed by atoms with Gasteiger partial charge in [0.15, 0.2) is 34.6 Å². The molecule has 0 amide bonds. The molecule has 4 aromatic carbocycles. The molecule has 2 aromatic heterocycles. The molecule has 0 saturated carbocycles. The quantitative estimate of drug-likeness (QED) is 0.103. The highest BCUT2D eigenvalue weighted by Crippen LogP contribution is 2.62. The molecule has 0 radical (unpaired) electrons. The topological polar surface area (TPSA) is 199 Å². The fourth-order valence-electron chi connectivity index (χ4n) is 6.47. The van der Waals surface area contributed by atoms with Crippen molar-refractivity contribution in [1.82, 2.24) is 29.9 Å². The average Bonchev–Trinajstić information content (AvgIpc) is 2.91. The number of aryl methyl sites for hydroxylation is 4. The molecule has 12 nitrogen and oxygen atoms in total. The molecule has 0 aliphatic heterocycles. The minimum atomic E-state index is -0.619. The van der Waals surface area contributed by atoms with E-state index in [0.717, 1.165) is 0 Å². The maximum Gasteiger partial charge on any atom is 0.167 e. The number of hydrogen-bond acceptors (Lipinski definition) is 12. The van der Waals surface area contributed by atoms with Gasteiger partial charge in [-0.05, 0) is 39.5 Å². The van der Waals surface area contributed by atoms with Crippen LogP contribution in [0.2, 0.25) is 0 Å². The second-order valence-corrected chi connectivity index (χ2v) is 11.7. The van der Waals surface area contributed by atoms with Crippen LogP contribution in [-0.2, 0) is 0 Å². The van der Waals surface area contributed by atoms with Crippen LogP contribution in [0.3, 0.4) is 0 Å². The zero-order chi connectivity index (χ0) is 32.1. The number of phenols is 6. The number of aromatic nitrogens is 6. The van der Waals surface area contributed by atoms with Gasteiger partial charge in [0, 0.05) is 43.4 Å². The van der Waals surface area contributed by atoms with Crippen molar-refractivity contribution in [2.45, 2.75) is 67.2 Å². The predicted molar refractivity (Wildman–Crippen MR) is 165 cm³/mol. The number of aromatic hydroxyl groups is 6. The highest BCUT2D eigenvalue weighted by molar-refractivity contribution is 6.35. The molecule has 0 aliphatic rings. The lowest BCUT2D eigenvalue weighted by Crippen LogP contribution is -2.05. The van der Waals surface area contributed by atoms with Crippen molar-refractivity contribution in [1.29, 1.82) is 0 Å². The summed E-state index contributed by atoms with van der Waals surface area (Å²) in [4.78, 5) is 26.3. The van der Waals surface area contributed by atoms with Gasteiger partial charge in [0.25, 0.3) is 0 Å². The van der Waals surface area contributed by atoms with Crippen LogP contribution in [0, 0.1) is 27.7 Å². The Morgan fingerprint density at radius 1 is 0.364 bits per heavy atom. The summed E-state index contributed by atoms with van der Waals surface area (Å²) in [5, 5.41) is 71.0. The molecule has 0 unspecified atom stereocenters. The summed E-state index contributed by atoms with van der Waals surface area (Å²) in [5.74, 6) is -2.38. The minimum Gasteiger partial charge on any atom is -0.507 e. The number of rotatable bonds is 4. The van der Waals surface area contributed by atoms with E-state index >= 15 is 0 Å². The smallest absolute Gasteiger partial charge is 0.167 e. The Bertz CT molecular complexity index is 2000. The van der Waals surface area contributed by atoms with E-state index in [9.17, 15) is 30.6 Å². The van der Waals surface area contributed by atoms with Gasteiger partial charge in [0.1, 0.15) is 34.8 Å². The van der Waals surface area contributed by atoms with E-state index in [1.165, 1.54) is 0 Å². The van der Waals surface area contributed by atoms with Crippen LogP contribution in [0.4, 0.5) is 0 Å². The van der Waals surface area contributed by atoms with Crippen LogP contribution >= 0.6 is 0 Å². The molecule has 6 N–H and O–H groups in total. The van der Waals surface area contributed by atoms with Crippen molar-refractivity contribution in [3.63, 3.8) is 0 Å². The van der Waals surface area contributed by atoms with E-state index in [4.69, 9.17) is 0 Å². The summed E-state index contributed by atoms with van der Waals surface area (Å²) < 4.78 is 0. The van der Waals surface area contributed by atoms with Gasteiger partial charge in [-0.25, -0.2) is 29.9 Å². The third-order valence-electron chi connectivity index (χ3n) is 7.99. The zero-order valence-corrected chi connectivity index (χ0v) is 25.5. The number of benzene rings is 4. The van der Waals surface area contributed by atoms with E-state index in [2.05, 4.69) is 29.9 Å². The Morgan fingerprint density at radius 3 is 0.909 bits per heavy atom. The van der Waals surface area contributed by atoms with Crippen LogP contribution in [0.25, 0.3) is 55.1 Å². The summed E-state index contributed by atoms with van der Waals surface area (Å²) in [6, 6.07) is 0. The molecule has 0 fully saturated rings. The van der Waals surface area contributed by atoms with Crippen LogP contribution in [0.15, 0.2) is 0 Å². The summed E-state index contributed by atoms with van der Waals surface area (Å²) in [7, 11) is 0. The largest absolute Gasteiger partial charge is 0.507 e. The van der Waals surface area contributed by atoms with Gasteiger partial charge < -0.3 is 30.6 Å². The lowest BCUT2D eigenvalue weighted by Gasteiger charge is -2.26. The molecule has 0 bridgehead atoms. The molecule has 0 aliphatic carbocycles. The van der Waals surface area contributed by atoms with Crippen molar-refractivity contribution in [3.8, 4) is 57.3 Å². The molecule has 44 heavy (non-hydrogen) atoms. The SMILES string of the molecule is Cc1nc(C)nc(-c2c(O)c(C(C)C)c3c(O)c(O)c4c(-c5nc(C)nc(C)n5)c(O)c(C(C)C)c5c(O)c(O)c2c3c45)n1. The third kappa shape index (κ3) is 3.83. The van der Waals surface area contributed by atoms with Gasteiger partial charge in [0.2, 0.25) is 0 Å². The normalized spacial score (nSPS) is 12.1. The Balaban J connectivity index is 2.05. The van der Waals surface area contributed by atoms with Crippen molar-refractivity contribution < 1.29 is 30.6 Å². The molecule has 0 atom stereocenters. The van der Waals surface area contributed by atoms with Crippen molar-refractivity contribution in [2.24, 2.45) is 0 Å². The van der Waals surface area contributed by atoms with Gasteiger partial charge in [-0.3, -0.25) is 0 Å². The zero-order valence-electron chi connectivity index (χ0n) is 25.5. The highest BCUT2D eigenvalue weighted by atomic mass is 16.3.